The smallest absolute Gasteiger partial charge is 0.280 e. The molecule has 1 atom stereocenters. The zero-order valence-corrected chi connectivity index (χ0v) is 15.0. The first-order valence-electron chi connectivity index (χ1n) is 9.18. The molecule has 1 N–H and O–H groups in total. The molecular weight excluding hydrogens is 322 g/mol. The average Bonchev–Trinajstić information content (AvgIpc) is 3.32. The van der Waals surface area contributed by atoms with Gasteiger partial charge in [-0.3, -0.25) is 14.4 Å². The SMILES string of the molecule is CC(C)[C@H]1CN(C(=O)CCc2cc(=O)[nH]o2)CCC(=O)N1CC1CC1. The maximum Gasteiger partial charge on any atom is 0.280 e. The fourth-order valence-electron chi connectivity index (χ4n) is 3.42. The molecule has 1 saturated heterocycles. The molecule has 1 aliphatic heterocycles. The van der Waals surface area contributed by atoms with Gasteiger partial charge in [-0.1, -0.05) is 13.8 Å². The Morgan fingerprint density at radius 3 is 2.72 bits per heavy atom. The number of aryl methyl sites for hydroxylation is 1. The Morgan fingerprint density at radius 1 is 1.36 bits per heavy atom. The molecule has 1 aromatic heterocycles. The number of aromatic nitrogens is 1. The fraction of sp³-hybridized carbons (Fsp3) is 0.722. The molecule has 25 heavy (non-hydrogen) atoms. The highest BCUT2D eigenvalue weighted by Crippen LogP contribution is 2.32. The molecule has 0 spiro atoms. The van der Waals surface area contributed by atoms with Crippen LogP contribution >= 0.6 is 0 Å². The van der Waals surface area contributed by atoms with Gasteiger partial charge in [-0.05, 0) is 24.7 Å². The van der Waals surface area contributed by atoms with E-state index in [1.165, 1.54) is 18.9 Å². The highest BCUT2D eigenvalue weighted by atomic mass is 16.5. The van der Waals surface area contributed by atoms with Gasteiger partial charge in [-0.15, -0.1) is 0 Å². The standard InChI is InChI=1S/C18H27N3O4/c1-12(2)15-11-20(8-7-18(24)21(15)10-13-3-4-13)17(23)6-5-14-9-16(22)19-25-14/h9,12-13,15H,3-8,10-11H2,1-2H3,(H,19,22)/t15-/m1/s1. The van der Waals surface area contributed by atoms with Crippen molar-refractivity contribution >= 4 is 11.8 Å². The van der Waals surface area contributed by atoms with Crippen LogP contribution in [0, 0.1) is 11.8 Å². The van der Waals surface area contributed by atoms with Crippen LogP contribution in [0.2, 0.25) is 0 Å². The quantitative estimate of drug-likeness (QED) is 0.841. The molecule has 2 aliphatic rings. The third kappa shape index (κ3) is 4.52. The summed E-state index contributed by atoms with van der Waals surface area (Å²) in [6.07, 6.45) is 3.47. The minimum absolute atomic E-state index is 0.00979. The monoisotopic (exact) mass is 349 g/mol. The van der Waals surface area contributed by atoms with Crippen LogP contribution in [0.1, 0.15) is 45.3 Å². The Bertz CT molecular complexity index is 674. The summed E-state index contributed by atoms with van der Waals surface area (Å²) >= 11 is 0. The third-order valence-electron chi connectivity index (χ3n) is 5.16. The Kier molecular flexibility index (Phi) is 5.30. The number of carbonyl (C=O) groups is 2. The predicted molar refractivity (Wildman–Crippen MR) is 91.9 cm³/mol. The van der Waals surface area contributed by atoms with E-state index < -0.39 is 0 Å². The van der Waals surface area contributed by atoms with Crippen LogP contribution in [0.25, 0.3) is 0 Å². The van der Waals surface area contributed by atoms with Crippen molar-refractivity contribution < 1.29 is 14.1 Å². The van der Waals surface area contributed by atoms with Crippen LogP contribution in [-0.4, -0.2) is 52.4 Å². The van der Waals surface area contributed by atoms with E-state index >= 15 is 0 Å². The lowest BCUT2D eigenvalue weighted by Gasteiger charge is -2.34. The lowest BCUT2D eigenvalue weighted by molar-refractivity contribution is -0.134. The third-order valence-corrected chi connectivity index (χ3v) is 5.16. The van der Waals surface area contributed by atoms with Crippen molar-refractivity contribution in [1.82, 2.24) is 15.0 Å². The first-order chi connectivity index (χ1) is 11.9. The Balaban J connectivity index is 1.63. The van der Waals surface area contributed by atoms with Crippen LogP contribution in [0.3, 0.4) is 0 Å². The van der Waals surface area contributed by atoms with Crippen LogP contribution < -0.4 is 5.56 Å². The van der Waals surface area contributed by atoms with Gasteiger partial charge in [-0.2, -0.15) is 5.16 Å². The number of hydrogen-bond acceptors (Lipinski definition) is 4. The molecule has 7 nitrogen and oxygen atoms in total. The number of nitrogens with zero attached hydrogens (tertiary/aromatic N) is 2. The molecule has 138 valence electrons. The first-order valence-corrected chi connectivity index (χ1v) is 9.18. The van der Waals surface area contributed by atoms with Crippen molar-refractivity contribution in [3.8, 4) is 0 Å². The van der Waals surface area contributed by atoms with Crippen molar-refractivity contribution in [3.05, 3.63) is 22.2 Å². The van der Waals surface area contributed by atoms with Gasteiger partial charge in [0.05, 0.1) is 6.04 Å². The number of H-pyrrole nitrogens is 1. The van der Waals surface area contributed by atoms with Crippen LogP contribution in [0.4, 0.5) is 0 Å². The number of aromatic amines is 1. The van der Waals surface area contributed by atoms with Gasteiger partial charge >= 0.3 is 0 Å². The largest absolute Gasteiger partial charge is 0.384 e. The summed E-state index contributed by atoms with van der Waals surface area (Å²) in [5, 5.41) is 2.23. The van der Waals surface area contributed by atoms with Gasteiger partial charge in [0.25, 0.3) is 5.56 Å². The van der Waals surface area contributed by atoms with Gasteiger partial charge in [0.1, 0.15) is 5.76 Å². The van der Waals surface area contributed by atoms with E-state index in [0.29, 0.717) is 43.5 Å². The molecule has 1 aromatic rings. The van der Waals surface area contributed by atoms with E-state index in [9.17, 15) is 14.4 Å². The number of hydrogen-bond donors (Lipinski definition) is 1. The van der Waals surface area contributed by atoms with Crippen molar-refractivity contribution in [1.29, 1.82) is 0 Å². The zero-order valence-electron chi connectivity index (χ0n) is 15.0. The van der Waals surface area contributed by atoms with Gasteiger partial charge in [0.15, 0.2) is 0 Å². The van der Waals surface area contributed by atoms with E-state index in [0.717, 1.165) is 6.54 Å². The van der Waals surface area contributed by atoms with E-state index in [2.05, 4.69) is 19.0 Å². The Labute approximate surface area is 147 Å². The molecular formula is C18H27N3O4. The first kappa shape index (κ1) is 17.8. The summed E-state index contributed by atoms with van der Waals surface area (Å²) in [6.45, 7) is 6.12. The molecule has 2 heterocycles. The van der Waals surface area contributed by atoms with E-state index in [-0.39, 0.29) is 29.8 Å². The molecule has 0 aromatic carbocycles. The molecule has 0 bridgehead atoms. The molecule has 2 fully saturated rings. The van der Waals surface area contributed by atoms with Gasteiger partial charge < -0.3 is 14.3 Å². The predicted octanol–water partition coefficient (Wildman–Crippen LogP) is 1.40. The normalized spacial score (nSPS) is 21.7. The lowest BCUT2D eigenvalue weighted by Crippen LogP contribution is -2.48. The van der Waals surface area contributed by atoms with E-state index in [1.54, 1.807) is 4.90 Å². The second-order valence-corrected chi connectivity index (χ2v) is 7.57. The van der Waals surface area contributed by atoms with Crippen molar-refractivity contribution in [2.45, 2.75) is 52.0 Å². The Hall–Kier alpha value is -2.05. The summed E-state index contributed by atoms with van der Waals surface area (Å²) in [4.78, 5) is 40.1. The summed E-state index contributed by atoms with van der Waals surface area (Å²) in [7, 11) is 0. The fourth-order valence-corrected chi connectivity index (χ4v) is 3.42. The number of rotatable bonds is 6. The van der Waals surface area contributed by atoms with Gasteiger partial charge in [-0.25, -0.2) is 0 Å². The maximum atomic E-state index is 12.6. The minimum Gasteiger partial charge on any atom is -0.384 e. The van der Waals surface area contributed by atoms with Crippen LogP contribution in [0.5, 0.6) is 0 Å². The maximum absolute atomic E-state index is 12.6. The van der Waals surface area contributed by atoms with Crippen molar-refractivity contribution in [3.63, 3.8) is 0 Å². The number of amides is 2. The second-order valence-electron chi connectivity index (χ2n) is 7.57. The molecule has 1 saturated carbocycles. The zero-order chi connectivity index (χ0) is 18.0. The highest BCUT2D eigenvalue weighted by molar-refractivity contribution is 5.80. The van der Waals surface area contributed by atoms with Crippen LogP contribution in [0.15, 0.2) is 15.4 Å². The summed E-state index contributed by atoms with van der Waals surface area (Å²) in [6, 6.07) is 1.44. The van der Waals surface area contributed by atoms with Crippen LogP contribution in [-0.2, 0) is 16.0 Å². The number of carbonyl (C=O) groups excluding carboxylic acids is 2. The Morgan fingerprint density at radius 2 is 2.12 bits per heavy atom. The topological polar surface area (TPSA) is 86.6 Å². The van der Waals surface area contributed by atoms with E-state index in [4.69, 9.17) is 4.52 Å². The lowest BCUT2D eigenvalue weighted by atomic mass is 10.0. The molecule has 3 rings (SSSR count). The summed E-state index contributed by atoms with van der Waals surface area (Å²) < 4.78 is 5.00. The summed E-state index contributed by atoms with van der Waals surface area (Å²) in [5.41, 5.74) is -0.293. The number of nitrogens with one attached hydrogen (secondary N) is 1. The molecule has 1 aliphatic carbocycles. The highest BCUT2D eigenvalue weighted by Gasteiger charge is 2.36. The van der Waals surface area contributed by atoms with Crippen molar-refractivity contribution in [2.75, 3.05) is 19.6 Å². The molecule has 7 heteroatoms. The average molecular weight is 349 g/mol. The minimum atomic E-state index is -0.293. The van der Waals surface area contributed by atoms with E-state index in [1.807, 2.05) is 4.90 Å². The molecule has 2 amide bonds. The second kappa shape index (κ2) is 7.45. The molecule has 0 unspecified atom stereocenters. The summed E-state index contributed by atoms with van der Waals surface area (Å²) in [5.74, 6) is 1.61. The van der Waals surface area contributed by atoms with Gasteiger partial charge in [0.2, 0.25) is 11.8 Å². The van der Waals surface area contributed by atoms with Crippen molar-refractivity contribution in [2.24, 2.45) is 11.8 Å². The van der Waals surface area contributed by atoms with Gasteiger partial charge in [0, 0.05) is 45.0 Å². The molecule has 0 radical (unpaired) electrons.